The Kier molecular flexibility index (Phi) is 5.24. The summed E-state index contributed by atoms with van der Waals surface area (Å²) in [5.74, 6) is -0.337. The molecule has 0 spiro atoms. The molecule has 0 fully saturated rings. The van der Waals surface area contributed by atoms with Gasteiger partial charge in [-0.3, -0.25) is 8.98 Å². The zero-order valence-corrected chi connectivity index (χ0v) is 12.1. The highest BCUT2D eigenvalue weighted by molar-refractivity contribution is 7.86. The van der Waals surface area contributed by atoms with E-state index >= 15 is 0 Å². The van der Waals surface area contributed by atoms with E-state index in [1.807, 2.05) is 0 Å². The Bertz CT molecular complexity index is 613. The first kappa shape index (κ1) is 15.1. The van der Waals surface area contributed by atoms with Gasteiger partial charge in [0.05, 0.1) is 19.0 Å². The molecule has 2 atom stereocenters. The minimum absolute atomic E-state index is 0.214. The lowest BCUT2D eigenvalue weighted by molar-refractivity contribution is -0.121. The molecule has 6 nitrogen and oxygen atoms in total. The molecule has 20 heavy (non-hydrogen) atoms. The molecule has 0 unspecified atom stereocenters. The largest absolute Gasteiger partial charge is 0.390 e. The molecule has 0 saturated carbocycles. The Balaban J connectivity index is 2.75. The molecule has 1 rings (SSSR count). The minimum atomic E-state index is -4.21. The van der Waals surface area contributed by atoms with Crippen LogP contribution in [0.2, 0.25) is 0 Å². The van der Waals surface area contributed by atoms with Crippen molar-refractivity contribution in [2.24, 2.45) is 0 Å². The second kappa shape index (κ2) is 6.94. The predicted molar refractivity (Wildman–Crippen MR) is 71.6 cm³/mol. The lowest BCUT2D eigenvalue weighted by atomic mass is 10.1. The number of benzene rings is 1. The van der Waals surface area contributed by atoms with Crippen LogP contribution < -0.4 is 0 Å². The van der Waals surface area contributed by atoms with Gasteiger partial charge in [-0.25, -0.2) is 0 Å². The summed E-state index contributed by atoms with van der Waals surface area (Å²) in [7, 11) is -4.21. The maximum absolute atomic E-state index is 11.9. The van der Waals surface area contributed by atoms with Gasteiger partial charge < -0.3 is 10.2 Å². The molecule has 0 amide bonds. The normalized spacial score (nSPS) is 15.5. The first-order valence-electron chi connectivity index (χ1n) is 6.45. The summed E-state index contributed by atoms with van der Waals surface area (Å²) in [5.41, 5.74) is 0.732. The van der Waals surface area contributed by atoms with Crippen LogP contribution in [0.5, 0.6) is 0 Å². The van der Waals surface area contributed by atoms with Crippen LogP contribution in [0.3, 0.4) is 0 Å². The lowest BCUT2D eigenvalue weighted by Gasteiger charge is -2.16. The van der Waals surface area contributed by atoms with E-state index in [-0.39, 0.29) is 23.1 Å². The van der Waals surface area contributed by atoms with E-state index in [1.54, 1.807) is 6.92 Å². The van der Waals surface area contributed by atoms with E-state index in [0.29, 0.717) is 0 Å². The Morgan fingerprint density at radius 2 is 2.00 bits per heavy atom. The summed E-state index contributed by atoms with van der Waals surface area (Å²) < 4.78 is 36.1. The molecule has 1 aromatic carbocycles. The maximum atomic E-state index is 11.9. The molecule has 1 aromatic rings. The van der Waals surface area contributed by atoms with Crippen molar-refractivity contribution in [3.63, 3.8) is 0 Å². The summed E-state index contributed by atoms with van der Waals surface area (Å²) >= 11 is 0. The summed E-state index contributed by atoms with van der Waals surface area (Å²) in [4.78, 5) is 10.5. The van der Waals surface area contributed by atoms with Crippen LogP contribution in [0.4, 0.5) is 0 Å². The van der Waals surface area contributed by atoms with Gasteiger partial charge in [0.1, 0.15) is 11.9 Å². The third-order valence-corrected chi connectivity index (χ3v) is 3.78. The van der Waals surface area contributed by atoms with Crippen molar-refractivity contribution < 1.29 is 29.0 Å². The number of aryl methyl sites for hydroxylation is 1. The molecular formula is C13H18O6S. The van der Waals surface area contributed by atoms with E-state index in [4.69, 9.17) is 1.37 Å². The number of Topliss-reactive ketones (excluding diaryl/α,β-unsaturated/α-hetero) is 1. The molecule has 0 aliphatic rings. The number of hydrogen-bond acceptors (Lipinski definition) is 6. The summed E-state index contributed by atoms with van der Waals surface area (Å²) in [5, 5.41) is 19.0. The van der Waals surface area contributed by atoms with Crippen molar-refractivity contribution in [1.82, 2.24) is 0 Å². The van der Waals surface area contributed by atoms with Gasteiger partial charge in [0.15, 0.2) is 0 Å². The van der Waals surface area contributed by atoms with Crippen LogP contribution in [-0.4, -0.2) is 43.2 Å². The SMILES string of the molecule is [2H]c1cc(C)ccc1S(=O)(=O)OC[C@@H](O)[C@@H](O)CC(C)=O. The van der Waals surface area contributed by atoms with Gasteiger partial charge in [-0.05, 0) is 26.0 Å². The molecule has 7 heteroatoms. The highest BCUT2D eigenvalue weighted by atomic mass is 32.2. The topological polar surface area (TPSA) is 101 Å². The molecule has 0 aromatic heterocycles. The van der Waals surface area contributed by atoms with Crippen molar-refractivity contribution in [1.29, 1.82) is 0 Å². The van der Waals surface area contributed by atoms with Crippen molar-refractivity contribution >= 4 is 15.9 Å². The average molecular weight is 303 g/mol. The zero-order valence-electron chi connectivity index (χ0n) is 12.2. The standard InChI is InChI=1S/C13H18O6S/c1-9-3-5-11(6-4-9)20(17,18)19-8-13(16)12(15)7-10(2)14/h3-6,12-13,15-16H,7-8H2,1-2H3/t12-,13+/m0/s1/i5D. The number of aliphatic hydroxyl groups is 2. The fourth-order valence-corrected chi connectivity index (χ4v) is 2.29. The van der Waals surface area contributed by atoms with E-state index in [0.717, 1.165) is 5.56 Å². The number of hydrogen-bond donors (Lipinski definition) is 2. The molecular weight excluding hydrogens is 284 g/mol. The molecule has 2 N–H and O–H groups in total. The smallest absolute Gasteiger partial charge is 0.297 e. The highest BCUT2D eigenvalue weighted by Crippen LogP contribution is 2.14. The quantitative estimate of drug-likeness (QED) is 0.707. The van der Waals surface area contributed by atoms with E-state index in [2.05, 4.69) is 4.18 Å². The van der Waals surface area contributed by atoms with Crippen LogP contribution in [0, 0.1) is 6.92 Å². The maximum Gasteiger partial charge on any atom is 0.297 e. The minimum Gasteiger partial charge on any atom is -0.390 e. The van der Waals surface area contributed by atoms with Gasteiger partial charge in [-0.2, -0.15) is 8.42 Å². The molecule has 0 saturated heterocycles. The molecule has 0 radical (unpaired) electrons. The van der Waals surface area contributed by atoms with Gasteiger partial charge >= 0.3 is 0 Å². The summed E-state index contributed by atoms with van der Waals surface area (Å²) in [6.07, 6.45) is -3.20. The third kappa shape index (κ3) is 5.01. The molecule has 0 heterocycles. The number of carbonyl (C=O) groups is 1. The van der Waals surface area contributed by atoms with Gasteiger partial charge in [0.2, 0.25) is 0 Å². The van der Waals surface area contributed by atoms with Crippen molar-refractivity contribution in [2.75, 3.05) is 6.61 Å². The summed E-state index contributed by atoms with van der Waals surface area (Å²) in [6.45, 7) is 2.27. The van der Waals surface area contributed by atoms with Crippen molar-refractivity contribution in [3.8, 4) is 0 Å². The highest BCUT2D eigenvalue weighted by Gasteiger charge is 2.22. The number of aliphatic hydroxyl groups excluding tert-OH is 2. The van der Waals surface area contributed by atoms with Gasteiger partial charge in [0.25, 0.3) is 10.1 Å². The molecule has 112 valence electrons. The van der Waals surface area contributed by atoms with Gasteiger partial charge in [0, 0.05) is 6.42 Å². The van der Waals surface area contributed by atoms with Crippen molar-refractivity contribution in [2.45, 2.75) is 37.4 Å². The fourth-order valence-electron chi connectivity index (χ4n) is 1.41. The average Bonchev–Trinajstić information content (AvgIpc) is 2.34. The molecule has 0 bridgehead atoms. The van der Waals surface area contributed by atoms with Crippen LogP contribution in [-0.2, 0) is 19.1 Å². The van der Waals surface area contributed by atoms with Crippen LogP contribution in [0.15, 0.2) is 29.1 Å². The van der Waals surface area contributed by atoms with E-state index in [1.165, 1.54) is 25.1 Å². The first-order valence-corrected chi connectivity index (χ1v) is 7.36. The number of rotatable bonds is 7. The fraction of sp³-hybridized carbons (Fsp3) is 0.462. The predicted octanol–water partition coefficient (Wildman–Crippen LogP) is 0.401. The van der Waals surface area contributed by atoms with Gasteiger partial charge in [-0.1, -0.05) is 17.7 Å². The van der Waals surface area contributed by atoms with Gasteiger partial charge in [-0.15, -0.1) is 0 Å². The molecule has 0 aliphatic heterocycles. The first-order chi connectivity index (χ1) is 9.63. The van der Waals surface area contributed by atoms with Crippen molar-refractivity contribution in [3.05, 3.63) is 29.8 Å². The second-order valence-electron chi connectivity index (χ2n) is 4.51. The van der Waals surface area contributed by atoms with Crippen LogP contribution in [0.25, 0.3) is 0 Å². The van der Waals surface area contributed by atoms with Crippen LogP contribution >= 0.6 is 0 Å². The Labute approximate surface area is 119 Å². The van der Waals surface area contributed by atoms with E-state index < -0.39 is 28.9 Å². The Hall–Kier alpha value is -1.28. The van der Waals surface area contributed by atoms with Crippen LogP contribution in [0.1, 0.15) is 20.3 Å². The number of ketones is 1. The Morgan fingerprint density at radius 3 is 2.55 bits per heavy atom. The van der Waals surface area contributed by atoms with E-state index in [9.17, 15) is 23.4 Å². The lowest BCUT2D eigenvalue weighted by Crippen LogP contribution is -2.33. The summed E-state index contributed by atoms with van der Waals surface area (Å²) in [6, 6.07) is 3.92. The third-order valence-electron chi connectivity index (χ3n) is 2.54. The second-order valence-corrected chi connectivity index (χ2v) is 6.09. The molecule has 0 aliphatic carbocycles. The monoisotopic (exact) mass is 303 g/mol. The zero-order chi connectivity index (χ0) is 16.2. The Morgan fingerprint density at radius 1 is 1.35 bits per heavy atom. The number of carbonyl (C=O) groups excluding carboxylic acids is 1.